The van der Waals surface area contributed by atoms with Crippen molar-refractivity contribution in [1.29, 1.82) is 0 Å². The molecule has 88 valence electrons. The molecule has 1 rings (SSSR count). The van der Waals surface area contributed by atoms with E-state index in [-0.39, 0.29) is 11.3 Å². The van der Waals surface area contributed by atoms with E-state index < -0.39 is 23.5 Å². The first-order chi connectivity index (χ1) is 7.23. The van der Waals surface area contributed by atoms with Crippen molar-refractivity contribution in [1.82, 2.24) is 0 Å². The number of hydrogen-bond donors (Lipinski definition) is 0. The van der Waals surface area contributed by atoms with Gasteiger partial charge in [0.05, 0.1) is 5.56 Å². The van der Waals surface area contributed by atoms with Crippen molar-refractivity contribution in [3.63, 3.8) is 0 Å². The Morgan fingerprint density at radius 1 is 1.31 bits per heavy atom. The molecule has 0 atom stereocenters. The number of rotatable bonds is 1. The topological polar surface area (TPSA) is 26.3 Å². The highest BCUT2D eigenvalue weighted by atomic mass is 19.4. The average molecular weight is 236 g/mol. The maximum atomic E-state index is 13.3. The number of benzene rings is 1. The van der Waals surface area contributed by atoms with Crippen LogP contribution in [0.25, 0.3) is 0 Å². The molecule has 0 saturated carbocycles. The monoisotopic (exact) mass is 236 g/mol. The van der Waals surface area contributed by atoms with Crippen LogP contribution in [-0.4, -0.2) is 5.97 Å². The highest BCUT2D eigenvalue weighted by Crippen LogP contribution is 2.35. The van der Waals surface area contributed by atoms with Crippen LogP contribution >= 0.6 is 0 Å². The smallest absolute Gasteiger partial charge is 0.419 e. The minimum Gasteiger partial charge on any atom is -0.426 e. The Morgan fingerprint density at radius 3 is 2.31 bits per heavy atom. The van der Waals surface area contributed by atoms with Gasteiger partial charge in [0.1, 0.15) is 11.6 Å². The van der Waals surface area contributed by atoms with E-state index >= 15 is 0 Å². The van der Waals surface area contributed by atoms with Crippen molar-refractivity contribution in [3.8, 4) is 5.75 Å². The molecule has 2 nitrogen and oxygen atoms in total. The maximum Gasteiger partial charge on any atom is 0.419 e. The van der Waals surface area contributed by atoms with Crippen LogP contribution in [0.4, 0.5) is 17.6 Å². The van der Waals surface area contributed by atoms with E-state index in [9.17, 15) is 22.4 Å². The fourth-order valence-electron chi connectivity index (χ4n) is 1.15. The first-order valence-corrected chi connectivity index (χ1v) is 4.28. The number of halogens is 4. The summed E-state index contributed by atoms with van der Waals surface area (Å²) in [7, 11) is 0. The molecule has 1 aromatic carbocycles. The standard InChI is InChI=1S/C10H8F4O2/c1-5-8(16-6(2)15)4-3-7(9(5)11)10(12,13)14/h3-4H,1-2H3. The predicted molar refractivity (Wildman–Crippen MR) is 47.4 cm³/mol. The predicted octanol–water partition coefficient (Wildman–Crippen LogP) is 3.08. The lowest BCUT2D eigenvalue weighted by molar-refractivity contribution is -0.140. The molecule has 0 unspecified atom stereocenters. The van der Waals surface area contributed by atoms with Crippen LogP contribution in [-0.2, 0) is 11.0 Å². The number of carbonyl (C=O) groups excluding carboxylic acids is 1. The van der Waals surface area contributed by atoms with E-state index in [2.05, 4.69) is 4.74 Å². The largest absolute Gasteiger partial charge is 0.426 e. The lowest BCUT2D eigenvalue weighted by atomic mass is 10.1. The molecule has 0 amide bonds. The Balaban J connectivity index is 3.24. The van der Waals surface area contributed by atoms with Crippen molar-refractivity contribution in [2.45, 2.75) is 20.0 Å². The van der Waals surface area contributed by atoms with Gasteiger partial charge in [0.25, 0.3) is 0 Å². The molecule has 0 saturated heterocycles. The number of hydrogen-bond acceptors (Lipinski definition) is 2. The van der Waals surface area contributed by atoms with Crippen LogP contribution in [0.1, 0.15) is 18.1 Å². The Hall–Kier alpha value is -1.59. The molecule has 0 fully saturated rings. The van der Waals surface area contributed by atoms with E-state index in [0.717, 1.165) is 19.9 Å². The molecule has 0 radical (unpaired) electrons. The number of alkyl halides is 3. The maximum absolute atomic E-state index is 13.3. The molecule has 0 bridgehead atoms. The summed E-state index contributed by atoms with van der Waals surface area (Å²) >= 11 is 0. The zero-order chi connectivity index (χ0) is 12.5. The van der Waals surface area contributed by atoms with Crippen LogP contribution in [0.3, 0.4) is 0 Å². The molecule has 0 aromatic heterocycles. The first-order valence-electron chi connectivity index (χ1n) is 4.28. The number of esters is 1. The number of carbonyl (C=O) groups is 1. The molecular formula is C10H8F4O2. The van der Waals surface area contributed by atoms with Crippen LogP contribution < -0.4 is 4.74 Å². The Labute approximate surface area is 88.8 Å². The Morgan fingerprint density at radius 2 is 1.88 bits per heavy atom. The lowest BCUT2D eigenvalue weighted by Crippen LogP contribution is -2.11. The van der Waals surface area contributed by atoms with Gasteiger partial charge in [0.15, 0.2) is 0 Å². The minimum absolute atomic E-state index is 0.210. The van der Waals surface area contributed by atoms with Crippen molar-refractivity contribution in [2.75, 3.05) is 0 Å². The summed E-state index contributed by atoms with van der Waals surface area (Å²) in [6.45, 7) is 2.19. The molecule has 0 spiro atoms. The zero-order valence-electron chi connectivity index (χ0n) is 8.48. The lowest BCUT2D eigenvalue weighted by Gasteiger charge is -2.12. The van der Waals surface area contributed by atoms with Gasteiger partial charge in [-0.15, -0.1) is 0 Å². The summed E-state index contributed by atoms with van der Waals surface area (Å²) in [6, 6.07) is 1.46. The third kappa shape index (κ3) is 2.50. The second-order valence-corrected chi connectivity index (χ2v) is 3.14. The van der Waals surface area contributed by atoms with Gasteiger partial charge in [-0.3, -0.25) is 4.79 Å². The fourth-order valence-corrected chi connectivity index (χ4v) is 1.15. The van der Waals surface area contributed by atoms with Gasteiger partial charge in [0.2, 0.25) is 0 Å². The number of ether oxygens (including phenoxy) is 1. The van der Waals surface area contributed by atoms with E-state index in [0.29, 0.717) is 6.07 Å². The SMILES string of the molecule is CC(=O)Oc1ccc(C(F)(F)F)c(F)c1C. The summed E-state index contributed by atoms with van der Waals surface area (Å²) in [5.74, 6) is -2.36. The average Bonchev–Trinajstić information content (AvgIpc) is 2.10. The fraction of sp³-hybridized carbons (Fsp3) is 0.300. The van der Waals surface area contributed by atoms with Crippen molar-refractivity contribution < 1.29 is 27.1 Å². The van der Waals surface area contributed by atoms with Gasteiger partial charge >= 0.3 is 12.1 Å². The van der Waals surface area contributed by atoms with Gasteiger partial charge < -0.3 is 4.74 Å². The van der Waals surface area contributed by atoms with Crippen molar-refractivity contribution in [2.24, 2.45) is 0 Å². The molecule has 6 heteroatoms. The second kappa shape index (κ2) is 4.11. The molecule has 0 heterocycles. The van der Waals surface area contributed by atoms with Gasteiger partial charge in [0, 0.05) is 12.5 Å². The molecule has 1 aromatic rings. The van der Waals surface area contributed by atoms with Crippen molar-refractivity contribution in [3.05, 3.63) is 29.1 Å². The third-order valence-corrected chi connectivity index (χ3v) is 1.90. The van der Waals surface area contributed by atoms with E-state index in [1.54, 1.807) is 0 Å². The van der Waals surface area contributed by atoms with E-state index in [1.807, 2.05) is 0 Å². The zero-order valence-corrected chi connectivity index (χ0v) is 8.48. The Kier molecular flexibility index (Phi) is 3.21. The Bertz CT molecular complexity index is 424. The van der Waals surface area contributed by atoms with Crippen LogP contribution in [0.5, 0.6) is 5.75 Å². The summed E-state index contributed by atoms with van der Waals surface area (Å²) < 4.78 is 54.7. The van der Waals surface area contributed by atoms with Crippen LogP contribution in [0, 0.1) is 12.7 Å². The first kappa shape index (κ1) is 12.5. The molecular weight excluding hydrogens is 228 g/mol. The summed E-state index contributed by atoms with van der Waals surface area (Å²) in [5.41, 5.74) is -1.72. The molecule has 0 N–H and O–H groups in total. The van der Waals surface area contributed by atoms with E-state index in [4.69, 9.17) is 0 Å². The summed E-state index contributed by atoms with van der Waals surface area (Å²) in [4.78, 5) is 10.6. The van der Waals surface area contributed by atoms with Crippen molar-refractivity contribution >= 4 is 5.97 Å². The summed E-state index contributed by atoms with van der Waals surface area (Å²) in [5, 5.41) is 0. The summed E-state index contributed by atoms with van der Waals surface area (Å²) in [6.07, 6.45) is -4.76. The second-order valence-electron chi connectivity index (χ2n) is 3.14. The molecule has 0 aliphatic carbocycles. The molecule has 0 aliphatic heterocycles. The molecule has 0 aliphatic rings. The third-order valence-electron chi connectivity index (χ3n) is 1.90. The van der Waals surface area contributed by atoms with Gasteiger partial charge in [-0.2, -0.15) is 13.2 Å². The van der Waals surface area contributed by atoms with Gasteiger partial charge in [-0.05, 0) is 19.1 Å². The van der Waals surface area contributed by atoms with Gasteiger partial charge in [-0.1, -0.05) is 0 Å². The highest BCUT2D eigenvalue weighted by molar-refractivity contribution is 5.69. The van der Waals surface area contributed by atoms with Crippen LogP contribution in [0.15, 0.2) is 12.1 Å². The molecule has 16 heavy (non-hydrogen) atoms. The quantitative estimate of drug-likeness (QED) is 0.425. The van der Waals surface area contributed by atoms with E-state index in [1.165, 1.54) is 0 Å². The normalized spacial score (nSPS) is 11.4. The van der Waals surface area contributed by atoms with Crippen LogP contribution in [0.2, 0.25) is 0 Å². The minimum atomic E-state index is -4.76. The van der Waals surface area contributed by atoms with Gasteiger partial charge in [-0.25, -0.2) is 4.39 Å². The highest BCUT2D eigenvalue weighted by Gasteiger charge is 2.35.